The van der Waals surface area contributed by atoms with Crippen LogP contribution in [0.5, 0.6) is 0 Å². The molecule has 0 radical (unpaired) electrons. The van der Waals surface area contributed by atoms with E-state index in [0.717, 1.165) is 0 Å². The molecule has 2 unspecified atom stereocenters. The van der Waals surface area contributed by atoms with Crippen molar-refractivity contribution in [2.24, 2.45) is 0 Å². The van der Waals surface area contributed by atoms with E-state index in [9.17, 15) is 14.3 Å². The zero-order valence-corrected chi connectivity index (χ0v) is 15.1. The number of fused-ring (bicyclic) bond motifs is 2. The third-order valence-corrected chi connectivity index (χ3v) is 4.58. The van der Waals surface area contributed by atoms with Gasteiger partial charge in [0.2, 0.25) is 0 Å². The van der Waals surface area contributed by atoms with Gasteiger partial charge in [0.15, 0.2) is 0 Å². The number of morpholine rings is 1. The molecule has 0 aromatic carbocycles. The topological polar surface area (TPSA) is 71.9 Å². The average molecular weight is 352 g/mol. The van der Waals surface area contributed by atoms with E-state index < -0.39 is 23.1 Å². The summed E-state index contributed by atoms with van der Waals surface area (Å²) in [5.41, 5.74) is -1.34. The van der Waals surface area contributed by atoms with Crippen LogP contribution >= 0.6 is 0 Å². The van der Waals surface area contributed by atoms with E-state index in [0.29, 0.717) is 5.69 Å². The lowest BCUT2D eigenvalue weighted by Crippen LogP contribution is -2.63. The van der Waals surface area contributed by atoms with Gasteiger partial charge in [-0.2, -0.15) is 0 Å². The SMILES string of the molecule is Cc1ccc(F)c(C2(O)CC3COCC(C2)N3C(=O)OC(C)(C)C)n1. The Labute approximate surface area is 146 Å². The first-order valence-corrected chi connectivity index (χ1v) is 8.54. The minimum absolute atomic E-state index is 0.0493. The molecule has 1 N–H and O–H groups in total. The molecule has 0 saturated carbocycles. The standard InChI is InChI=1S/C18H25FN2O4/c1-11-5-6-14(19)15(20-11)18(23)7-12-9-24-10-13(8-18)21(12)16(22)25-17(2,3)4/h5-6,12-13,23H,7-10H2,1-4H3. The molecular formula is C18H25FN2O4. The summed E-state index contributed by atoms with van der Waals surface area (Å²) in [7, 11) is 0. The number of hydrogen-bond donors (Lipinski definition) is 1. The number of carbonyl (C=O) groups is 1. The fourth-order valence-electron chi connectivity index (χ4n) is 3.65. The Morgan fingerprint density at radius 1 is 1.36 bits per heavy atom. The molecule has 2 aliphatic rings. The fourth-order valence-corrected chi connectivity index (χ4v) is 3.65. The fraction of sp³-hybridized carbons (Fsp3) is 0.667. The summed E-state index contributed by atoms with van der Waals surface area (Å²) in [6.45, 7) is 7.75. The van der Waals surface area contributed by atoms with Gasteiger partial charge in [0, 0.05) is 18.5 Å². The van der Waals surface area contributed by atoms with Crippen LogP contribution in [-0.2, 0) is 15.1 Å². The van der Waals surface area contributed by atoms with Crippen LogP contribution in [0, 0.1) is 12.7 Å². The highest BCUT2D eigenvalue weighted by atomic mass is 19.1. The highest BCUT2D eigenvalue weighted by Gasteiger charge is 2.51. The number of ether oxygens (including phenoxy) is 2. The van der Waals surface area contributed by atoms with Gasteiger partial charge in [-0.3, -0.25) is 9.88 Å². The molecule has 1 aromatic rings. The Morgan fingerprint density at radius 2 is 1.96 bits per heavy atom. The molecule has 0 spiro atoms. The number of aliphatic hydroxyl groups is 1. The van der Waals surface area contributed by atoms with E-state index in [4.69, 9.17) is 9.47 Å². The summed E-state index contributed by atoms with van der Waals surface area (Å²) < 4.78 is 25.3. The minimum Gasteiger partial charge on any atom is -0.444 e. The van der Waals surface area contributed by atoms with Crippen molar-refractivity contribution >= 4 is 6.09 Å². The molecule has 2 saturated heterocycles. The second-order valence-electron chi connectivity index (χ2n) is 7.96. The minimum atomic E-state index is -1.42. The molecule has 138 valence electrons. The number of piperidine rings is 1. The van der Waals surface area contributed by atoms with E-state index in [1.165, 1.54) is 6.07 Å². The van der Waals surface area contributed by atoms with Crippen molar-refractivity contribution < 1.29 is 23.8 Å². The number of rotatable bonds is 1. The summed E-state index contributed by atoms with van der Waals surface area (Å²) in [5, 5.41) is 11.1. The van der Waals surface area contributed by atoms with Crippen molar-refractivity contribution in [3.8, 4) is 0 Å². The average Bonchev–Trinajstić information content (AvgIpc) is 2.47. The first-order chi connectivity index (χ1) is 11.6. The number of aryl methyl sites for hydroxylation is 1. The first kappa shape index (κ1) is 18.1. The van der Waals surface area contributed by atoms with Crippen LogP contribution in [0.25, 0.3) is 0 Å². The molecule has 3 rings (SSSR count). The summed E-state index contributed by atoms with van der Waals surface area (Å²) in [6, 6.07) is 2.13. The number of amides is 1. The van der Waals surface area contributed by atoms with Crippen LogP contribution in [0.1, 0.15) is 45.0 Å². The Morgan fingerprint density at radius 3 is 2.52 bits per heavy atom. The predicted octanol–water partition coefficient (Wildman–Crippen LogP) is 2.52. The molecule has 7 heteroatoms. The number of hydrogen-bond acceptors (Lipinski definition) is 5. The van der Waals surface area contributed by atoms with Crippen LogP contribution in [0.4, 0.5) is 9.18 Å². The van der Waals surface area contributed by atoms with Gasteiger partial charge >= 0.3 is 6.09 Å². The smallest absolute Gasteiger partial charge is 0.410 e. The van der Waals surface area contributed by atoms with Crippen LogP contribution < -0.4 is 0 Å². The highest BCUT2D eigenvalue weighted by Crippen LogP contribution is 2.41. The Balaban J connectivity index is 1.88. The third kappa shape index (κ3) is 3.62. The summed E-state index contributed by atoms with van der Waals surface area (Å²) >= 11 is 0. The first-order valence-electron chi connectivity index (χ1n) is 8.54. The number of halogens is 1. The molecule has 1 amide bonds. The molecule has 1 aromatic heterocycles. The largest absolute Gasteiger partial charge is 0.444 e. The van der Waals surface area contributed by atoms with Crippen LogP contribution in [0.3, 0.4) is 0 Å². The van der Waals surface area contributed by atoms with Crippen molar-refractivity contribution in [2.45, 2.75) is 63.8 Å². The van der Waals surface area contributed by atoms with Gasteiger partial charge in [0.05, 0.1) is 25.3 Å². The van der Waals surface area contributed by atoms with Crippen molar-refractivity contribution in [1.82, 2.24) is 9.88 Å². The van der Waals surface area contributed by atoms with Gasteiger partial charge in [0.1, 0.15) is 22.7 Å². The molecule has 2 aliphatic heterocycles. The molecule has 2 bridgehead atoms. The second-order valence-corrected chi connectivity index (χ2v) is 7.96. The second kappa shape index (κ2) is 6.21. The Kier molecular flexibility index (Phi) is 4.49. The zero-order valence-electron chi connectivity index (χ0n) is 15.1. The van der Waals surface area contributed by atoms with E-state index in [2.05, 4.69) is 4.98 Å². The molecular weight excluding hydrogens is 327 g/mol. The van der Waals surface area contributed by atoms with Gasteiger partial charge in [-0.05, 0) is 39.8 Å². The molecule has 2 fully saturated rings. The van der Waals surface area contributed by atoms with Crippen LogP contribution in [-0.4, -0.2) is 52.0 Å². The van der Waals surface area contributed by atoms with Crippen molar-refractivity contribution in [1.29, 1.82) is 0 Å². The number of pyridine rings is 1. The molecule has 2 atom stereocenters. The highest BCUT2D eigenvalue weighted by molar-refractivity contribution is 5.69. The van der Waals surface area contributed by atoms with Gasteiger partial charge in [-0.1, -0.05) is 0 Å². The van der Waals surface area contributed by atoms with Gasteiger partial charge in [-0.25, -0.2) is 9.18 Å². The zero-order chi connectivity index (χ0) is 18.4. The van der Waals surface area contributed by atoms with E-state index in [-0.39, 0.29) is 43.8 Å². The van der Waals surface area contributed by atoms with E-state index >= 15 is 0 Å². The van der Waals surface area contributed by atoms with Crippen LogP contribution in [0.2, 0.25) is 0 Å². The number of carbonyl (C=O) groups excluding carboxylic acids is 1. The van der Waals surface area contributed by atoms with Crippen molar-refractivity contribution in [3.63, 3.8) is 0 Å². The summed E-state index contributed by atoms with van der Waals surface area (Å²) in [4.78, 5) is 18.4. The van der Waals surface area contributed by atoms with E-state index in [1.54, 1.807) is 17.9 Å². The van der Waals surface area contributed by atoms with Gasteiger partial charge in [-0.15, -0.1) is 0 Å². The van der Waals surface area contributed by atoms with Crippen molar-refractivity contribution in [2.75, 3.05) is 13.2 Å². The number of nitrogens with zero attached hydrogens (tertiary/aromatic N) is 2. The summed E-state index contributed by atoms with van der Waals surface area (Å²) in [6.07, 6.45) is -0.0998. The lowest BCUT2D eigenvalue weighted by molar-refractivity contribution is -0.143. The van der Waals surface area contributed by atoms with Gasteiger partial charge in [0.25, 0.3) is 0 Å². The maximum atomic E-state index is 14.3. The molecule has 0 aliphatic carbocycles. The Hall–Kier alpha value is -1.73. The monoisotopic (exact) mass is 352 g/mol. The third-order valence-electron chi connectivity index (χ3n) is 4.58. The lowest BCUT2D eigenvalue weighted by atomic mass is 9.79. The van der Waals surface area contributed by atoms with Crippen molar-refractivity contribution in [3.05, 3.63) is 29.3 Å². The normalized spacial score (nSPS) is 29.4. The molecule has 25 heavy (non-hydrogen) atoms. The van der Waals surface area contributed by atoms with Crippen LogP contribution in [0.15, 0.2) is 12.1 Å². The summed E-state index contributed by atoms with van der Waals surface area (Å²) in [5.74, 6) is -0.530. The Bertz CT molecular complexity index is 660. The molecule has 3 heterocycles. The molecule has 6 nitrogen and oxygen atoms in total. The quantitative estimate of drug-likeness (QED) is 0.841. The lowest BCUT2D eigenvalue weighted by Gasteiger charge is -2.51. The maximum Gasteiger partial charge on any atom is 0.410 e. The van der Waals surface area contributed by atoms with E-state index in [1.807, 2.05) is 20.8 Å². The maximum absolute atomic E-state index is 14.3. The number of aromatic nitrogens is 1. The van der Waals surface area contributed by atoms with Gasteiger partial charge < -0.3 is 14.6 Å². The predicted molar refractivity (Wildman–Crippen MR) is 88.5 cm³/mol.